The van der Waals surface area contributed by atoms with E-state index in [4.69, 9.17) is 5.26 Å². The van der Waals surface area contributed by atoms with Gasteiger partial charge in [0.2, 0.25) is 5.91 Å². The van der Waals surface area contributed by atoms with Gasteiger partial charge < -0.3 is 0 Å². The Hall–Kier alpha value is -2.19. The van der Waals surface area contributed by atoms with Crippen LogP contribution in [0.3, 0.4) is 0 Å². The van der Waals surface area contributed by atoms with E-state index < -0.39 is 0 Å². The number of nitriles is 1. The fourth-order valence-corrected chi connectivity index (χ4v) is 2.16. The van der Waals surface area contributed by atoms with Gasteiger partial charge in [-0.1, -0.05) is 6.07 Å². The Kier molecular flexibility index (Phi) is 3.70. The monoisotopic (exact) mass is 257 g/mol. The summed E-state index contributed by atoms with van der Waals surface area (Å²) in [6, 6.07) is 9.17. The van der Waals surface area contributed by atoms with E-state index in [1.807, 2.05) is 23.6 Å². The molecular weight excluding hydrogens is 246 g/mol. The molecule has 0 aromatic carbocycles. The van der Waals surface area contributed by atoms with Crippen LogP contribution in [0.2, 0.25) is 0 Å². The number of aromatic nitrogens is 1. The second kappa shape index (κ2) is 5.43. The molecule has 0 fully saturated rings. The minimum Gasteiger partial charge on any atom is -0.300 e. The zero-order valence-electron chi connectivity index (χ0n) is 9.83. The molecule has 0 aliphatic heterocycles. The Morgan fingerprint density at radius 1 is 1.50 bits per heavy atom. The van der Waals surface area contributed by atoms with E-state index in [9.17, 15) is 4.79 Å². The number of carbonyl (C=O) groups excluding carboxylic acids is 1. The van der Waals surface area contributed by atoms with Gasteiger partial charge in [0.05, 0.1) is 12.0 Å². The van der Waals surface area contributed by atoms with Crippen LogP contribution in [0.1, 0.15) is 10.4 Å². The molecule has 2 rings (SSSR count). The summed E-state index contributed by atoms with van der Waals surface area (Å²) < 4.78 is 0. The van der Waals surface area contributed by atoms with Crippen LogP contribution < -0.4 is 4.90 Å². The van der Waals surface area contributed by atoms with Crippen molar-refractivity contribution in [1.82, 2.24) is 4.98 Å². The second-order valence-corrected chi connectivity index (χ2v) is 4.76. The number of nitrogens with zero attached hydrogens (tertiary/aromatic N) is 3. The van der Waals surface area contributed by atoms with Crippen LogP contribution in [-0.2, 0) is 11.2 Å². The smallest absolute Gasteiger partial charge is 0.233 e. The Morgan fingerprint density at radius 2 is 2.33 bits per heavy atom. The third kappa shape index (κ3) is 2.73. The molecule has 0 aliphatic carbocycles. The van der Waals surface area contributed by atoms with Gasteiger partial charge in [-0.25, -0.2) is 4.98 Å². The number of pyridine rings is 1. The van der Waals surface area contributed by atoms with Crippen LogP contribution in [0, 0.1) is 11.3 Å². The highest BCUT2D eigenvalue weighted by molar-refractivity contribution is 7.10. The maximum atomic E-state index is 12.0. The number of anilines is 1. The van der Waals surface area contributed by atoms with E-state index in [2.05, 4.69) is 4.98 Å². The second-order valence-electron chi connectivity index (χ2n) is 3.73. The lowest BCUT2D eigenvalue weighted by atomic mass is 10.3. The average molecular weight is 257 g/mol. The molecule has 2 heterocycles. The number of likely N-dealkylation sites (N-methyl/N-ethyl adjacent to an activating group) is 1. The summed E-state index contributed by atoms with van der Waals surface area (Å²) in [5, 5.41) is 10.6. The van der Waals surface area contributed by atoms with Crippen molar-refractivity contribution in [2.75, 3.05) is 11.9 Å². The molecule has 0 bridgehead atoms. The standard InChI is InChI=1S/C13H11N3OS/c1-16(12-5-4-10(8-14)9-15-12)13(17)7-11-3-2-6-18-11/h2-6,9H,7H2,1H3. The largest absolute Gasteiger partial charge is 0.300 e. The van der Waals surface area contributed by atoms with Crippen molar-refractivity contribution < 1.29 is 4.79 Å². The van der Waals surface area contributed by atoms with Crippen molar-refractivity contribution in [2.24, 2.45) is 0 Å². The SMILES string of the molecule is CN(C(=O)Cc1cccs1)c1ccc(C#N)cn1. The van der Waals surface area contributed by atoms with E-state index in [1.165, 1.54) is 11.1 Å². The zero-order chi connectivity index (χ0) is 13.0. The molecule has 5 heteroatoms. The molecule has 0 radical (unpaired) electrons. The molecule has 1 amide bonds. The molecule has 18 heavy (non-hydrogen) atoms. The first-order valence-electron chi connectivity index (χ1n) is 5.36. The van der Waals surface area contributed by atoms with E-state index in [0.717, 1.165) is 4.88 Å². The maximum Gasteiger partial charge on any atom is 0.233 e. The van der Waals surface area contributed by atoms with Gasteiger partial charge in [0.1, 0.15) is 11.9 Å². The van der Waals surface area contributed by atoms with Gasteiger partial charge in [0.15, 0.2) is 0 Å². The van der Waals surface area contributed by atoms with Crippen LogP contribution in [0.5, 0.6) is 0 Å². The number of hydrogen-bond acceptors (Lipinski definition) is 4. The van der Waals surface area contributed by atoms with Gasteiger partial charge >= 0.3 is 0 Å². The average Bonchev–Trinajstić information content (AvgIpc) is 2.91. The number of hydrogen-bond donors (Lipinski definition) is 0. The van der Waals surface area contributed by atoms with Gasteiger partial charge in [-0.3, -0.25) is 9.69 Å². The van der Waals surface area contributed by atoms with Crippen LogP contribution >= 0.6 is 11.3 Å². The van der Waals surface area contributed by atoms with Gasteiger partial charge in [0.25, 0.3) is 0 Å². The number of amides is 1. The topological polar surface area (TPSA) is 57.0 Å². The highest BCUT2D eigenvalue weighted by Crippen LogP contribution is 2.14. The highest BCUT2D eigenvalue weighted by Gasteiger charge is 2.13. The minimum atomic E-state index is -0.0188. The molecule has 90 valence electrons. The molecule has 0 saturated heterocycles. The molecule has 0 atom stereocenters. The Morgan fingerprint density at radius 3 is 2.89 bits per heavy atom. The maximum absolute atomic E-state index is 12.0. The van der Waals surface area contributed by atoms with Crippen LogP contribution in [0.4, 0.5) is 5.82 Å². The van der Waals surface area contributed by atoms with Gasteiger partial charge in [0, 0.05) is 18.1 Å². The summed E-state index contributed by atoms with van der Waals surface area (Å²) in [4.78, 5) is 18.6. The first kappa shape index (κ1) is 12.3. The molecule has 0 saturated carbocycles. The minimum absolute atomic E-state index is 0.0188. The first-order valence-corrected chi connectivity index (χ1v) is 6.24. The third-order valence-corrected chi connectivity index (χ3v) is 3.38. The zero-order valence-corrected chi connectivity index (χ0v) is 10.6. The molecule has 0 aliphatic rings. The summed E-state index contributed by atoms with van der Waals surface area (Å²) in [5.41, 5.74) is 0.484. The van der Waals surface area contributed by atoms with Gasteiger partial charge in [-0.15, -0.1) is 11.3 Å². The quantitative estimate of drug-likeness (QED) is 0.847. The molecule has 0 N–H and O–H groups in total. The molecule has 2 aromatic rings. The highest BCUT2D eigenvalue weighted by atomic mass is 32.1. The molecular formula is C13H11N3OS. The van der Waals surface area contributed by atoms with Crippen LogP contribution in [0.15, 0.2) is 35.8 Å². The third-order valence-electron chi connectivity index (χ3n) is 2.50. The van der Waals surface area contributed by atoms with Crippen LogP contribution in [-0.4, -0.2) is 17.9 Å². The van der Waals surface area contributed by atoms with Crippen molar-refractivity contribution in [3.63, 3.8) is 0 Å². The van der Waals surface area contributed by atoms with E-state index in [0.29, 0.717) is 17.8 Å². The molecule has 2 aromatic heterocycles. The number of thiophene rings is 1. The predicted molar refractivity (Wildman–Crippen MR) is 70.4 cm³/mol. The van der Waals surface area contributed by atoms with Crippen LogP contribution in [0.25, 0.3) is 0 Å². The summed E-state index contributed by atoms with van der Waals surface area (Å²) in [6.07, 6.45) is 1.83. The number of carbonyl (C=O) groups is 1. The Labute approximate surface area is 109 Å². The van der Waals surface area contributed by atoms with E-state index in [-0.39, 0.29) is 5.91 Å². The van der Waals surface area contributed by atoms with E-state index >= 15 is 0 Å². The summed E-state index contributed by atoms with van der Waals surface area (Å²) in [6.45, 7) is 0. The fraction of sp³-hybridized carbons (Fsp3) is 0.154. The summed E-state index contributed by atoms with van der Waals surface area (Å²) >= 11 is 1.56. The van der Waals surface area contributed by atoms with Crippen molar-refractivity contribution in [3.05, 3.63) is 46.3 Å². The van der Waals surface area contributed by atoms with Gasteiger partial charge in [-0.2, -0.15) is 5.26 Å². The van der Waals surface area contributed by atoms with Crippen molar-refractivity contribution in [3.8, 4) is 6.07 Å². The Bertz CT molecular complexity index is 569. The predicted octanol–water partition coefficient (Wildman–Crippen LogP) is 2.22. The van der Waals surface area contributed by atoms with Gasteiger partial charge in [-0.05, 0) is 23.6 Å². The molecule has 0 spiro atoms. The first-order chi connectivity index (χ1) is 8.70. The fourth-order valence-electron chi connectivity index (χ4n) is 1.46. The van der Waals surface area contributed by atoms with Crippen molar-refractivity contribution >= 4 is 23.1 Å². The number of rotatable bonds is 3. The van der Waals surface area contributed by atoms with E-state index in [1.54, 1.807) is 30.5 Å². The normalized spacial score (nSPS) is 9.78. The Balaban J connectivity index is 2.08. The summed E-state index contributed by atoms with van der Waals surface area (Å²) in [5.74, 6) is 0.533. The lowest BCUT2D eigenvalue weighted by Crippen LogP contribution is -2.28. The molecule has 0 unspecified atom stereocenters. The van der Waals surface area contributed by atoms with Crippen molar-refractivity contribution in [1.29, 1.82) is 5.26 Å². The lowest BCUT2D eigenvalue weighted by molar-refractivity contribution is -0.117. The van der Waals surface area contributed by atoms with Crippen molar-refractivity contribution in [2.45, 2.75) is 6.42 Å². The lowest BCUT2D eigenvalue weighted by Gasteiger charge is -2.15. The summed E-state index contributed by atoms with van der Waals surface area (Å²) in [7, 11) is 1.68. The molecule has 4 nitrogen and oxygen atoms in total.